The van der Waals surface area contributed by atoms with Crippen LogP contribution in [0.5, 0.6) is 0 Å². The van der Waals surface area contributed by atoms with Crippen molar-refractivity contribution in [1.29, 1.82) is 0 Å². The third-order valence-corrected chi connectivity index (χ3v) is 5.28. The van der Waals surface area contributed by atoms with Crippen molar-refractivity contribution in [1.82, 2.24) is 0 Å². The van der Waals surface area contributed by atoms with Crippen LogP contribution in [0.3, 0.4) is 0 Å². The molecule has 1 atom stereocenters. The van der Waals surface area contributed by atoms with Crippen LogP contribution >= 0.6 is 0 Å². The van der Waals surface area contributed by atoms with Crippen molar-refractivity contribution in [2.45, 2.75) is 32.0 Å². The second-order valence-corrected chi connectivity index (χ2v) is 5.76. The maximum atomic E-state index is 5.64. The van der Waals surface area contributed by atoms with Gasteiger partial charge < -0.3 is 4.43 Å². The lowest BCUT2D eigenvalue weighted by molar-refractivity contribution is 0.296. The lowest BCUT2D eigenvalue weighted by atomic mass is 10.3. The fraction of sp³-hybridized carbons (Fsp3) is 0.857. The molecule has 0 saturated heterocycles. The summed E-state index contributed by atoms with van der Waals surface area (Å²) in [5.41, 5.74) is 0.533. The molecular weight excluding hydrogens is 156 g/mol. The minimum absolute atomic E-state index is 0.200. The lowest BCUT2D eigenvalue weighted by Crippen LogP contribution is -2.15. The summed E-state index contributed by atoms with van der Waals surface area (Å²) in [6, 6.07) is 1.32. The van der Waals surface area contributed by atoms with Crippen molar-refractivity contribution >= 4 is 20.0 Å². The lowest BCUT2D eigenvalue weighted by Gasteiger charge is -2.11. The molecular formula is C7H19OSi2. The van der Waals surface area contributed by atoms with Crippen LogP contribution in [0.4, 0.5) is 0 Å². The van der Waals surface area contributed by atoms with Gasteiger partial charge in [-0.2, -0.15) is 0 Å². The number of hydrogen-bond donors (Lipinski definition) is 0. The molecule has 0 aliphatic heterocycles. The van der Waals surface area contributed by atoms with E-state index in [0.717, 1.165) is 22.6 Å². The largest absolute Gasteiger partial charge is 0.425 e. The summed E-state index contributed by atoms with van der Waals surface area (Å²) in [7, 11) is 0.950. The summed E-state index contributed by atoms with van der Waals surface area (Å²) in [6.45, 7) is 8.32. The van der Waals surface area contributed by atoms with Crippen LogP contribution in [0.25, 0.3) is 0 Å². The summed E-state index contributed by atoms with van der Waals surface area (Å²) < 4.78 is 5.64. The first-order chi connectivity index (χ1) is 4.66. The second kappa shape index (κ2) is 6.13. The van der Waals surface area contributed by atoms with Crippen LogP contribution in [0.1, 0.15) is 20.3 Å². The van der Waals surface area contributed by atoms with Crippen LogP contribution < -0.4 is 0 Å². The van der Waals surface area contributed by atoms with Gasteiger partial charge in [0, 0.05) is 16.0 Å². The van der Waals surface area contributed by atoms with E-state index in [0.29, 0.717) is 5.73 Å². The smallest absolute Gasteiger partial charge is 0.161 e. The minimum atomic E-state index is -0.200. The van der Waals surface area contributed by atoms with E-state index in [1.54, 1.807) is 0 Å². The van der Waals surface area contributed by atoms with E-state index < -0.39 is 0 Å². The van der Waals surface area contributed by atoms with E-state index >= 15 is 0 Å². The molecule has 0 aromatic carbocycles. The topological polar surface area (TPSA) is 9.23 Å². The Kier molecular flexibility index (Phi) is 6.37. The van der Waals surface area contributed by atoms with Gasteiger partial charge in [0.25, 0.3) is 0 Å². The summed E-state index contributed by atoms with van der Waals surface area (Å²) in [5, 5.41) is 0. The highest BCUT2D eigenvalue weighted by Gasteiger charge is 1.99. The van der Waals surface area contributed by atoms with Crippen LogP contribution in [-0.4, -0.2) is 25.7 Å². The molecule has 0 aliphatic carbocycles. The van der Waals surface area contributed by atoms with Crippen molar-refractivity contribution in [3.05, 3.63) is 6.92 Å². The van der Waals surface area contributed by atoms with Gasteiger partial charge in [0.1, 0.15) is 0 Å². The highest BCUT2D eigenvalue weighted by molar-refractivity contribution is 6.28. The van der Waals surface area contributed by atoms with E-state index in [1.165, 1.54) is 6.04 Å². The predicted molar refractivity (Wildman–Crippen MR) is 53.0 cm³/mol. The Hall–Kier alpha value is 0.394. The molecule has 0 aliphatic rings. The average molecular weight is 175 g/mol. The molecule has 0 N–H and O–H groups in total. The predicted octanol–water partition coefficient (Wildman–Crippen LogP) is 0.0768. The van der Waals surface area contributed by atoms with Crippen molar-refractivity contribution in [2.24, 2.45) is 5.92 Å². The molecule has 0 rings (SSSR count). The molecule has 0 bridgehead atoms. The molecule has 0 aromatic heterocycles. The van der Waals surface area contributed by atoms with Gasteiger partial charge in [0.05, 0.1) is 0 Å². The molecule has 0 spiro atoms. The van der Waals surface area contributed by atoms with E-state index in [-0.39, 0.29) is 9.76 Å². The maximum absolute atomic E-state index is 5.64. The Balaban J connectivity index is 3.03. The molecule has 1 radical (unpaired) electrons. The Morgan fingerprint density at radius 3 is 2.60 bits per heavy atom. The van der Waals surface area contributed by atoms with Gasteiger partial charge in [-0.15, -0.1) is 0 Å². The molecule has 10 heavy (non-hydrogen) atoms. The molecule has 3 heteroatoms. The number of hydrogen-bond acceptors (Lipinski definition) is 1. The summed E-state index contributed by atoms with van der Waals surface area (Å²) in [6.07, 6.45) is 0.970. The van der Waals surface area contributed by atoms with Crippen molar-refractivity contribution in [2.75, 3.05) is 0 Å². The quantitative estimate of drug-likeness (QED) is 0.538. The maximum Gasteiger partial charge on any atom is 0.161 e. The zero-order valence-electron chi connectivity index (χ0n) is 7.39. The van der Waals surface area contributed by atoms with Crippen LogP contribution in [-0.2, 0) is 4.43 Å². The standard InChI is InChI=1S/C7H19OSi2/c1-4-7(9)8-10-5-6(2)3/h6-7H,1,4-5,10H2,2-3,9H3. The normalized spacial score (nSPS) is 15.6. The molecule has 61 valence electrons. The average Bonchev–Trinajstić information content (AvgIpc) is 1.87. The minimum Gasteiger partial charge on any atom is -0.425 e. The SMILES string of the molecule is [CH2]CC([SiH3])O[SiH2]CC(C)C. The van der Waals surface area contributed by atoms with Crippen LogP contribution in [0.2, 0.25) is 6.04 Å². The van der Waals surface area contributed by atoms with E-state index in [9.17, 15) is 0 Å². The molecule has 0 aromatic rings. The molecule has 0 amide bonds. The van der Waals surface area contributed by atoms with Gasteiger partial charge in [0.15, 0.2) is 9.76 Å². The summed E-state index contributed by atoms with van der Waals surface area (Å²) >= 11 is 0. The highest BCUT2D eigenvalue weighted by atomic mass is 28.2. The summed E-state index contributed by atoms with van der Waals surface area (Å²) in [5.74, 6) is 0.824. The van der Waals surface area contributed by atoms with Gasteiger partial charge in [0.2, 0.25) is 0 Å². The van der Waals surface area contributed by atoms with E-state index in [2.05, 4.69) is 20.8 Å². The zero-order valence-corrected chi connectivity index (χ0v) is 10.8. The Morgan fingerprint density at radius 2 is 2.20 bits per heavy atom. The first-order valence-electron chi connectivity index (χ1n) is 4.07. The monoisotopic (exact) mass is 175 g/mol. The van der Waals surface area contributed by atoms with Crippen LogP contribution in [0, 0.1) is 12.8 Å². The van der Waals surface area contributed by atoms with E-state index in [1.807, 2.05) is 0 Å². The van der Waals surface area contributed by atoms with Gasteiger partial charge in [-0.05, 0) is 18.4 Å². The summed E-state index contributed by atoms with van der Waals surface area (Å²) in [4.78, 5) is 0. The van der Waals surface area contributed by atoms with Crippen molar-refractivity contribution in [3.63, 3.8) is 0 Å². The van der Waals surface area contributed by atoms with Crippen molar-refractivity contribution < 1.29 is 4.43 Å². The third kappa shape index (κ3) is 6.51. The first kappa shape index (κ1) is 10.4. The van der Waals surface area contributed by atoms with Crippen LogP contribution in [0.15, 0.2) is 0 Å². The molecule has 0 fully saturated rings. The number of rotatable bonds is 5. The zero-order chi connectivity index (χ0) is 7.98. The van der Waals surface area contributed by atoms with Gasteiger partial charge in [-0.1, -0.05) is 20.8 Å². The fourth-order valence-electron chi connectivity index (χ4n) is 0.588. The molecule has 0 heterocycles. The Morgan fingerprint density at radius 1 is 1.60 bits per heavy atom. The Bertz CT molecular complexity index is 76.0. The van der Waals surface area contributed by atoms with Crippen molar-refractivity contribution in [3.8, 4) is 0 Å². The van der Waals surface area contributed by atoms with Gasteiger partial charge >= 0.3 is 0 Å². The van der Waals surface area contributed by atoms with E-state index in [4.69, 9.17) is 4.43 Å². The molecule has 1 nitrogen and oxygen atoms in total. The fourth-order valence-corrected chi connectivity index (χ4v) is 2.47. The highest BCUT2D eigenvalue weighted by Crippen LogP contribution is 2.00. The second-order valence-electron chi connectivity index (χ2n) is 3.15. The first-order valence-corrected chi connectivity index (χ1v) is 6.80. The Labute approximate surface area is 69.9 Å². The molecule has 0 saturated carbocycles. The third-order valence-electron chi connectivity index (χ3n) is 1.50. The molecule has 1 unspecified atom stereocenters. The van der Waals surface area contributed by atoms with Gasteiger partial charge in [-0.3, -0.25) is 0 Å². The van der Waals surface area contributed by atoms with Gasteiger partial charge in [-0.25, -0.2) is 0 Å².